The summed E-state index contributed by atoms with van der Waals surface area (Å²) in [5.74, 6) is 0. The first-order valence-electron chi connectivity index (χ1n) is 4.31. The van der Waals surface area contributed by atoms with Gasteiger partial charge in [0.25, 0.3) is 0 Å². The topological polar surface area (TPSA) is 6.48 Å². The summed E-state index contributed by atoms with van der Waals surface area (Å²) in [6, 6.07) is 0. The van der Waals surface area contributed by atoms with Crippen LogP contribution in [0.15, 0.2) is 22.6 Å². The van der Waals surface area contributed by atoms with E-state index in [0.29, 0.717) is 0 Å². The van der Waals surface area contributed by atoms with Crippen molar-refractivity contribution >= 4 is 14.8 Å². The number of hydrogen-bond donors (Lipinski definition) is 0. The van der Waals surface area contributed by atoms with Gasteiger partial charge in [0.05, 0.1) is 0 Å². The van der Waals surface area contributed by atoms with E-state index in [1.54, 1.807) is 4.41 Å². The normalized spacial score (nSPS) is 16.8. The van der Waals surface area contributed by atoms with Gasteiger partial charge in [0, 0.05) is 0 Å². The average Bonchev–Trinajstić information content (AvgIpc) is 2.37. The summed E-state index contributed by atoms with van der Waals surface area (Å²) in [7, 11) is 8.79. The second kappa shape index (κ2) is 4.26. The van der Waals surface area contributed by atoms with Crippen LogP contribution in [-0.4, -0.2) is 50.7 Å². The van der Waals surface area contributed by atoms with Crippen molar-refractivity contribution in [1.29, 1.82) is 0 Å². The standard InChI is InChI=1S/C9H18GeN2/c1-11(2)10(12(3)4)9-7-5-6-8-9/h5-7,10H,8H2,1-4H3. The van der Waals surface area contributed by atoms with Gasteiger partial charge in [-0.1, -0.05) is 0 Å². The Kier molecular flexibility index (Phi) is 3.56. The van der Waals surface area contributed by atoms with Gasteiger partial charge in [0.1, 0.15) is 0 Å². The van der Waals surface area contributed by atoms with Gasteiger partial charge in [-0.05, 0) is 0 Å². The first-order valence-corrected chi connectivity index (χ1v) is 7.69. The van der Waals surface area contributed by atoms with Gasteiger partial charge in [-0.15, -0.1) is 0 Å². The molecular weight excluding hydrogens is 209 g/mol. The Morgan fingerprint density at radius 3 is 2.08 bits per heavy atom. The Morgan fingerprint density at radius 2 is 1.75 bits per heavy atom. The van der Waals surface area contributed by atoms with E-state index in [2.05, 4.69) is 54.1 Å². The summed E-state index contributed by atoms with van der Waals surface area (Å²) in [6.45, 7) is 0. The molecule has 0 radical (unpaired) electrons. The van der Waals surface area contributed by atoms with Gasteiger partial charge < -0.3 is 0 Å². The van der Waals surface area contributed by atoms with Crippen LogP contribution in [0.2, 0.25) is 0 Å². The van der Waals surface area contributed by atoms with Crippen molar-refractivity contribution in [2.24, 2.45) is 0 Å². The molecule has 3 heteroatoms. The van der Waals surface area contributed by atoms with Crippen LogP contribution in [0.4, 0.5) is 0 Å². The molecule has 0 spiro atoms. The fraction of sp³-hybridized carbons (Fsp3) is 0.556. The van der Waals surface area contributed by atoms with E-state index >= 15 is 0 Å². The van der Waals surface area contributed by atoms with Crippen LogP contribution in [0.1, 0.15) is 6.42 Å². The van der Waals surface area contributed by atoms with E-state index in [1.807, 2.05) is 0 Å². The second-order valence-electron chi connectivity index (χ2n) is 3.67. The molecule has 0 aliphatic heterocycles. The molecule has 2 nitrogen and oxygen atoms in total. The van der Waals surface area contributed by atoms with Crippen molar-refractivity contribution in [3.63, 3.8) is 0 Å². The Labute approximate surface area is 80.1 Å². The number of allylic oxidation sites excluding steroid dienone is 4. The fourth-order valence-electron chi connectivity index (χ4n) is 1.78. The minimum atomic E-state index is -1.46. The summed E-state index contributed by atoms with van der Waals surface area (Å²) in [4.78, 5) is 0. The molecule has 0 atom stereocenters. The van der Waals surface area contributed by atoms with E-state index in [9.17, 15) is 0 Å². The zero-order valence-electron chi connectivity index (χ0n) is 8.41. The maximum absolute atomic E-state index is 2.42. The SMILES string of the molecule is C[N](C)[GeH]([C]1=CC=CC1)[N](C)C. The Morgan fingerprint density at radius 1 is 1.17 bits per heavy atom. The maximum atomic E-state index is 2.42. The van der Waals surface area contributed by atoms with Crippen molar-refractivity contribution in [2.45, 2.75) is 6.42 Å². The first kappa shape index (κ1) is 10.0. The van der Waals surface area contributed by atoms with E-state index in [-0.39, 0.29) is 0 Å². The van der Waals surface area contributed by atoms with Crippen LogP contribution < -0.4 is 0 Å². The zero-order chi connectivity index (χ0) is 9.14. The third-order valence-electron chi connectivity index (χ3n) is 2.11. The quantitative estimate of drug-likeness (QED) is 0.656. The molecule has 0 fully saturated rings. The molecular formula is C9H18GeN2. The number of nitrogens with zero attached hydrogens (tertiary/aromatic N) is 2. The third kappa shape index (κ3) is 2.22. The van der Waals surface area contributed by atoms with Gasteiger partial charge in [0.15, 0.2) is 0 Å². The molecule has 0 unspecified atom stereocenters. The Hall–Kier alpha value is -0.0571. The van der Waals surface area contributed by atoms with E-state index in [0.717, 1.165) is 0 Å². The molecule has 0 saturated heterocycles. The summed E-state index contributed by atoms with van der Waals surface area (Å²) in [5, 5.41) is 0. The molecule has 0 aromatic rings. The Bertz CT molecular complexity index is 199. The van der Waals surface area contributed by atoms with Crippen molar-refractivity contribution in [3.05, 3.63) is 22.6 Å². The van der Waals surface area contributed by atoms with Crippen LogP contribution >= 0.6 is 0 Å². The van der Waals surface area contributed by atoms with Crippen LogP contribution in [0.3, 0.4) is 0 Å². The molecule has 0 amide bonds. The number of rotatable bonds is 3. The number of hydrogen-bond acceptors (Lipinski definition) is 2. The Balaban J connectivity index is 2.66. The molecule has 1 aliphatic rings. The van der Waals surface area contributed by atoms with Gasteiger partial charge >= 0.3 is 79.8 Å². The minimum absolute atomic E-state index is 1.18. The van der Waals surface area contributed by atoms with Crippen molar-refractivity contribution in [1.82, 2.24) is 7.71 Å². The van der Waals surface area contributed by atoms with Crippen molar-refractivity contribution < 1.29 is 0 Å². The molecule has 0 aromatic heterocycles. The monoisotopic (exact) mass is 228 g/mol. The van der Waals surface area contributed by atoms with Gasteiger partial charge in [-0.2, -0.15) is 0 Å². The van der Waals surface area contributed by atoms with Crippen molar-refractivity contribution in [3.8, 4) is 0 Å². The molecule has 0 bridgehead atoms. The molecule has 0 N–H and O–H groups in total. The fourth-order valence-corrected chi connectivity index (χ4v) is 7.82. The summed E-state index contributed by atoms with van der Waals surface area (Å²) in [6.07, 6.45) is 7.91. The van der Waals surface area contributed by atoms with Crippen LogP contribution in [0.5, 0.6) is 0 Å². The van der Waals surface area contributed by atoms with Crippen LogP contribution in [0, 0.1) is 0 Å². The van der Waals surface area contributed by atoms with Gasteiger partial charge in [-0.25, -0.2) is 0 Å². The van der Waals surface area contributed by atoms with Gasteiger partial charge in [-0.3, -0.25) is 0 Å². The summed E-state index contributed by atoms with van der Waals surface area (Å²) in [5.41, 5.74) is 0. The van der Waals surface area contributed by atoms with Gasteiger partial charge in [0.2, 0.25) is 0 Å². The zero-order valence-corrected chi connectivity index (χ0v) is 10.8. The molecule has 0 heterocycles. The van der Waals surface area contributed by atoms with E-state index in [4.69, 9.17) is 0 Å². The molecule has 1 aliphatic carbocycles. The summed E-state index contributed by atoms with van der Waals surface area (Å²) < 4.78 is 6.51. The van der Waals surface area contributed by atoms with Crippen LogP contribution in [-0.2, 0) is 0 Å². The molecule has 68 valence electrons. The predicted molar refractivity (Wildman–Crippen MR) is 56.4 cm³/mol. The average molecular weight is 227 g/mol. The second-order valence-corrected chi connectivity index (χ2v) is 11.1. The van der Waals surface area contributed by atoms with E-state index < -0.39 is 14.8 Å². The first-order chi connectivity index (χ1) is 5.63. The third-order valence-corrected chi connectivity index (χ3v) is 8.50. The molecule has 0 aromatic carbocycles. The summed E-state index contributed by atoms with van der Waals surface area (Å²) >= 11 is -1.46. The van der Waals surface area contributed by atoms with Crippen LogP contribution in [0.25, 0.3) is 0 Å². The molecule has 12 heavy (non-hydrogen) atoms. The van der Waals surface area contributed by atoms with Crippen molar-refractivity contribution in [2.75, 3.05) is 28.2 Å². The predicted octanol–water partition coefficient (Wildman–Crippen LogP) is 0.756. The molecule has 0 saturated carbocycles. The van der Waals surface area contributed by atoms with E-state index in [1.165, 1.54) is 6.42 Å². The molecule has 1 rings (SSSR count).